The highest BCUT2D eigenvalue weighted by Gasteiger charge is 2.17. The van der Waals surface area contributed by atoms with Crippen LogP contribution in [0.25, 0.3) is 0 Å². The van der Waals surface area contributed by atoms with E-state index in [0.717, 1.165) is 20.9 Å². The van der Waals surface area contributed by atoms with E-state index in [2.05, 4.69) is 37.2 Å². The van der Waals surface area contributed by atoms with Crippen molar-refractivity contribution in [2.45, 2.75) is 32.4 Å². The molecule has 0 saturated carbocycles. The monoisotopic (exact) mass is 392 g/mol. The van der Waals surface area contributed by atoms with E-state index in [-0.39, 0.29) is 11.9 Å². The summed E-state index contributed by atoms with van der Waals surface area (Å²) < 4.78 is 7.25. The minimum absolute atomic E-state index is 0.0929. The van der Waals surface area contributed by atoms with Gasteiger partial charge in [0.1, 0.15) is 5.75 Å². The fourth-order valence-corrected chi connectivity index (χ4v) is 3.12. The molecule has 1 aromatic carbocycles. The molecule has 2 unspecified atom stereocenters. The quantitative estimate of drug-likeness (QED) is 0.808. The predicted molar refractivity (Wildman–Crippen MR) is 83.4 cm³/mol. The summed E-state index contributed by atoms with van der Waals surface area (Å²) in [6.45, 7) is 3.66. The fraction of sp³-hybridized carbons (Fsp3) is 0.462. The summed E-state index contributed by atoms with van der Waals surface area (Å²) in [5.74, 6) is 0.447. The lowest BCUT2D eigenvalue weighted by Gasteiger charge is -2.17. The summed E-state index contributed by atoms with van der Waals surface area (Å²) >= 11 is 6.92. The van der Waals surface area contributed by atoms with Gasteiger partial charge in [-0.1, -0.05) is 0 Å². The Bertz CT molecular complexity index is 441. The lowest BCUT2D eigenvalue weighted by Crippen LogP contribution is -2.33. The number of carbonyl (C=O) groups is 1. The minimum Gasteiger partial charge on any atom is -0.479 e. The Morgan fingerprint density at radius 2 is 1.89 bits per heavy atom. The van der Waals surface area contributed by atoms with Crippen molar-refractivity contribution in [3.63, 3.8) is 0 Å². The maximum atomic E-state index is 11.5. The van der Waals surface area contributed by atoms with Crippen LogP contribution in [0.4, 0.5) is 0 Å². The van der Waals surface area contributed by atoms with E-state index >= 15 is 0 Å². The zero-order chi connectivity index (χ0) is 14.6. The highest BCUT2D eigenvalue weighted by atomic mass is 79.9. The SMILES string of the molecule is CNC(=O)C(C)Oc1c(Br)cc(CC(C)N)cc1Br. The highest BCUT2D eigenvalue weighted by molar-refractivity contribution is 9.11. The molecule has 19 heavy (non-hydrogen) atoms. The van der Waals surface area contributed by atoms with Crippen molar-refractivity contribution in [3.05, 3.63) is 26.6 Å². The molecule has 4 nitrogen and oxygen atoms in total. The molecule has 0 aliphatic rings. The average molecular weight is 394 g/mol. The zero-order valence-electron chi connectivity index (χ0n) is 11.2. The molecule has 0 aliphatic heterocycles. The van der Waals surface area contributed by atoms with Crippen molar-refractivity contribution >= 4 is 37.8 Å². The number of nitrogens with two attached hydrogens (primary N) is 1. The number of ether oxygens (including phenoxy) is 1. The van der Waals surface area contributed by atoms with Crippen LogP contribution in [-0.4, -0.2) is 25.1 Å². The third kappa shape index (κ3) is 4.78. The maximum Gasteiger partial charge on any atom is 0.260 e. The summed E-state index contributed by atoms with van der Waals surface area (Å²) in [4.78, 5) is 11.5. The molecule has 0 fully saturated rings. The maximum absolute atomic E-state index is 11.5. The second-order valence-corrected chi connectivity index (χ2v) is 6.15. The Hall–Kier alpha value is -0.590. The Kier molecular flexibility index (Phi) is 6.29. The van der Waals surface area contributed by atoms with Crippen LogP contribution in [0.5, 0.6) is 5.75 Å². The number of hydrogen-bond donors (Lipinski definition) is 2. The fourth-order valence-electron chi connectivity index (χ4n) is 1.65. The number of halogens is 2. The largest absolute Gasteiger partial charge is 0.479 e. The van der Waals surface area contributed by atoms with E-state index in [4.69, 9.17) is 10.5 Å². The lowest BCUT2D eigenvalue weighted by molar-refractivity contribution is -0.126. The van der Waals surface area contributed by atoms with Gasteiger partial charge in [0, 0.05) is 13.1 Å². The number of nitrogens with one attached hydrogen (secondary N) is 1. The van der Waals surface area contributed by atoms with Crippen LogP contribution < -0.4 is 15.8 Å². The second kappa shape index (κ2) is 7.26. The molecule has 0 radical (unpaired) electrons. The number of carbonyl (C=O) groups excluding carboxylic acids is 1. The number of likely N-dealkylation sites (N-methyl/N-ethyl adjacent to an activating group) is 1. The van der Waals surface area contributed by atoms with Gasteiger partial charge in [0.25, 0.3) is 5.91 Å². The third-order valence-corrected chi connectivity index (χ3v) is 3.70. The van der Waals surface area contributed by atoms with Gasteiger partial charge >= 0.3 is 0 Å². The molecule has 0 aliphatic carbocycles. The van der Waals surface area contributed by atoms with E-state index in [1.807, 2.05) is 19.1 Å². The van der Waals surface area contributed by atoms with Gasteiger partial charge in [-0.15, -0.1) is 0 Å². The molecule has 2 atom stereocenters. The van der Waals surface area contributed by atoms with Gasteiger partial charge in [0.05, 0.1) is 8.95 Å². The third-order valence-electron chi connectivity index (χ3n) is 2.53. The van der Waals surface area contributed by atoms with Crippen LogP contribution in [-0.2, 0) is 11.2 Å². The molecular formula is C13H18Br2N2O2. The van der Waals surface area contributed by atoms with Crippen LogP contribution in [0.3, 0.4) is 0 Å². The van der Waals surface area contributed by atoms with Crippen LogP contribution >= 0.6 is 31.9 Å². The minimum atomic E-state index is -0.558. The number of hydrogen-bond acceptors (Lipinski definition) is 3. The first-order chi connectivity index (χ1) is 8.85. The van der Waals surface area contributed by atoms with Crippen molar-refractivity contribution in [1.29, 1.82) is 0 Å². The van der Waals surface area contributed by atoms with Crippen molar-refractivity contribution in [3.8, 4) is 5.75 Å². The van der Waals surface area contributed by atoms with Gasteiger partial charge in [-0.25, -0.2) is 0 Å². The van der Waals surface area contributed by atoms with Crippen molar-refractivity contribution in [1.82, 2.24) is 5.32 Å². The summed E-state index contributed by atoms with van der Waals surface area (Å²) in [6, 6.07) is 4.01. The number of amides is 1. The molecule has 1 aromatic rings. The molecule has 0 spiro atoms. The molecule has 3 N–H and O–H groups in total. The number of benzene rings is 1. The first-order valence-corrected chi connectivity index (χ1v) is 7.55. The molecule has 0 bridgehead atoms. The normalized spacial score (nSPS) is 13.8. The van der Waals surface area contributed by atoms with Gasteiger partial charge < -0.3 is 15.8 Å². The van der Waals surface area contributed by atoms with Crippen LogP contribution in [0, 0.1) is 0 Å². The van der Waals surface area contributed by atoms with Crippen LogP contribution in [0.15, 0.2) is 21.1 Å². The van der Waals surface area contributed by atoms with E-state index in [9.17, 15) is 4.79 Å². The smallest absolute Gasteiger partial charge is 0.260 e. The Balaban J connectivity index is 2.94. The molecule has 106 valence electrons. The standard InChI is InChI=1S/C13H18Br2N2O2/c1-7(16)4-9-5-10(14)12(11(15)6-9)19-8(2)13(18)17-3/h5-8H,4,16H2,1-3H3,(H,17,18). The van der Waals surface area contributed by atoms with E-state index in [1.165, 1.54) is 0 Å². The Labute approximate surface area is 130 Å². The Morgan fingerprint density at radius 1 is 1.37 bits per heavy atom. The van der Waals surface area contributed by atoms with E-state index in [1.54, 1.807) is 14.0 Å². The van der Waals surface area contributed by atoms with E-state index in [0.29, 0.717) is 5.75 Å². The van der Waals surface area contributed by atoms with E-state index < -0.39 is 6.10 Å². The van der Waals surface area contributed by atoms with Gasteiger partial charge in [-0.3, -0.25) is 4.79 Å². The molecule has 0 aromatic heterocycles. The summed E-state index contributed by atoms with van der Waals surface area (Å²) in [6.07, 6.45) is 0.222. The van der Waals surface area contributed by atoms with Crippen LogP contribution in [0.1, 0.15) is 19.4 Å². The van der Waals surface area contributed by atoms with Crippen molar-refractivity contribution < 1.29 is 9.53 Å². The van der Waals surface area contributed by atoms with Crippen molar-refractivity contribution in [2.75, 3.05) is 7.05 Å². The molecule has 1 amide bonds. The molecule has 1 rings (SSSR count). The molecule has 0 saturated heterocycles. The van der Waals surface area contributed by atoms with Gasteiger partial charge in [0.15, 0.2) is 6.10 Å². The molecule has 0 heterocycles. The first-order valence-electron chi connectivity index (χ1n) is 5.97. The number of rotatable bonds is 5. The van der Waals surface area contributed by atoms with Gasteiger partial charge in [-0.2, -0.15) is 0 Å². The van der Waals surface area contributed by atoms with Crippen molar-refractivity contribution in [2.24, 2.45) is 5.73 Å². The average Bonchev–Trinajstić information content (AvgIpc) is 2.31. The summed E-state index contributed by atoms with van der Waals surface area (Å²) in [5.41, 5.74) is 6.89. The topological polar surface area (TPSA) is 64.3 Å². The van der Waals surface area contributed by atoms with Crippen LogP contribution in [0.2, 0.25) is 0 Å². The molecule has 6 heteroatoms. The highest BCUT2D eigenvalue weighted by Crippen LogP contribution is 2.35. The second-order valence-electron chi connectivity index (χ2n) is 4.44. The van der Waals surface area contributed by atoms with Gasteiger partial charge in [-0.05, 0) is 69.8 Å². The first kappa shape index (κ1) is 16.5. The van der Waals surface area contributed by atoms with Gasteiger partial charge in [0.2, 0.25) is 0 Å². The Morgan fingerprint density at radius 3 is 2.32 bits per heavy atom. The summed E-state index contributed by atoms with van der Waals surface area (Å²) in [5, 5.41) is 2.55. The zero-order valence-corrected chi connectivity index (χ0v) is 14.3. The predicted octanol–water partition coefficient (Wildman–Crippen LogP) is 2.61. The molecular weight excluding hydrogens is 376 g/mol. The summed E-state index contributed by atoms with van der Waals surface area (Å²) in [7, 11) is 1.58. The lowest BCUT2D eigenvalue weighted by atomic mass is 10.1.